The molecule has 0 saturated carbocycles. The van der Waals surface area contributed by atoms with Crippen molar-refractivity contribution in [2.45, 2.75) is 13.3 Å². The Morgan fingerprint density at radius 2 is 2.13 bits per heavy atom. The summed E-state index contributed by atoms with van der Waals surface area (Å²) < 4.78 is 5.86. The first-order valence-electron chi connectivity index (χ1n) is 4.88. The molecule has 0 aliphatic heterocycles. The zero-order valence-corrected chi connectivity index (χ0v) is 10.3. The summed E-state index contributed by atoms with van der Waals surface area (Å²) in [5, 5.41) is 1.95. The smallest absolute Gasteiger partial charge is 0.224 e. The Kier molecular flexibility index (Phi) is 6.12. The van der Waals surface area contributed by atoms with E-state index in [4.69, 9.17) is 17.0 Å². The zero-order chi connectivity index (χ0) is 10.9. The molecule has 15 heavy (non-hydrogen) atoms. The SMILES string of the molecule is CCCOC(=S)S/C=C/c1ccccc1. The minimum absolute atomic E-state index is 0.587. The van der Waals surface area contributed by atoms with Crippen molar-refractivity contribution in [2.24, 2.45) is 0 Å². The van der Waals surface area contributed by atoms with E-state index in [-0.39, 0.29) is 0 Å². The van der Waals surface area contributed by atoms with Crippen LogP contribution in [0.25, 0.3) is 6.08 Å². The fourth-order valence-corrected chi connectivity index (χ4v) is 1.69. The number of hydrogen-bond donors (Lipinski definition) is 0. The van der Waals surface area contributed by atoms with E-state index in [0.29, 0.717) is 11.0 Å². The summed E-state index contributed by atoms with van der Waals surface area (Å²) in [5.74, 6) is 0. The molecule has 0 atom stereocenters. The molecule has 1 aromatic rings. The van der Waals surface area contributed by atoms with Gasteiger partial charge in [-0.15, -0.1) is 0 Å². The van der Waals surface area contributed by atoms with Crippen LogP contribution >= 0.6 is 24.0 Å². The van der Waals surface area contributed by atoms with Crippen molar-refractivity contribution in [1.29, 1.82) is 0 Å². The lowest BCUT2D eigenvalue weighted by Gasteiger charge is -2.01. The van der Waals surface area contributed by atoms with Gasteiger partial charge in [-0.2, -0.15) is 0 Å². The molecule has 80 valence electrons. The van der Waals surface area contributed by atoms with Crippen LogP contribution in [0.15, 0.2) is 35.7 Å². The second kappa shape index (κ2) is 7.49. The second-order valence-corrected chi connectivity index (χ2v) is 4.44. The molecule has 0 heterocycles. The quantitative estimate of drug-likeness (QED) is 0.731. The van der Waals surface area contributed by atoms with Gasteiger partial charge in [0.15, 0.2) is 0 Å². The van der Waals surface area contributed by atoms with Gasteiger partial charge in [0.1, 0.15) is 0 Å². The first kappa shape index (κ1) is 12.3. The first-order valence-corrected chi connectivity index (χ1v) is 6.16. The summed E-state index contributed by atoms with van der Waals surface area (Å²) in [7, 11) is 0. The molecule has 0 fully saturated rings. The number of rotatable bonds is 4. The molecule has 0 aromatic heterocycles. The molecule has 0 aliphatic carbocycles. The highest BCUT2D eigenvalue weighted by Gasteiger charge is 1.93. The normalized spacial score (nSPS) is 10.5. The van der Waals surface area contributed by atoms with Gasteiger partial charge in [0.2, 0.25) is 4.38 Å². The molecular formula is C12H14OS2. The Labute approximate surface area is 101 Å². The molecule has 3 heteroatoms. The third-order valence-corrected chi connectivity index (χ3v) is 2.64. The van der Waals surface area contributed by atoms with Gasteiger partial charge >= 0.3 is 0 Å². The van der Waals surface area contributed by atoms with Crippen LogP contribution in [-0.2, 0) is 4.74 Å². The van der Waals surface area contributed by atoms with Crippen molar-refractivity contribution in [3.63, 3.8) is 0 Å². The monoisotopic (exact) mass is 238 g/mol. The van der Waals surface area contributed by atoms with Gasteiger partial charge in [-0.25, -0.2) is 0 Å². The van der Waals surface area contributed by atoms with Gasteiger partial charge in [0.25, 0.3) is 0 Å². The fraction of sp³-hybridized carbons (Fsp3) is 0.250. The lowest BCUT2D eigenvalue weighted by Crippen LogP contribution is -1.95. The maximum atomic E-state index is 5.27. The number of thiocarbonyl (C=S) groups is 1. The molecule has 0 N–H and O–H groups in total. The second-order valence-electron chi connectivity index (χ2n) is 2.93. The van der Waals surface area contributed by atoms with E-state index in [0.717, 1.165) is 6.42 Å². The number of hydrogen-bond acceptors (Lipinski definition) is 3. The Morgan fingerprint density at radius 1 is 1.40 bits per heavy atom. The van der Waals surface area contributed by atoms with Crippen LogP contribution in [0.4, 0.5) is 0 Å². The number of thioether (sulfide) groups is 1. The van der Waals surface area contributed by atoms with Gasteiger partial charge in [0, 0.05) is 0 Å². The molecule has 1 nitrogen and oxygen atoms in total. The Balaban J connectivity index is 2.31. The summed E-state index contributed by atoms with van der Waals surface area (Å²) in [6.07, 6.45) is 3.01. The van der Waals surface area contributed by atoms with E-state index in [1.807, 2.05) is 41.8 Å². The van der Waals surface area contributed by atoms with Crippen LogP contribution in [0.2, 0.25) is 0 Å². The van der Waals surface area contributed by atoms with E-state index in [1.165, 1.54) is 17.3 Å². The summed E-state index contributed by atoms with van der Waals surface area (Å²) >= 11 is 6.46. The largest absolute Gasteiger partial charge is 0.478 e. The topological polar surface area (TPSA) is 9.23 Å². The van der Waals surface area contributed by atoms with Crippen LogP contribution in [0.1, 0.15) is 18.9 Å². The highest BCUT2D eigenvalue weighted by molar-refractivity contribution is 8.24. The molecule has 0 radical (unpaired) electrons. The van der Waals surface area contributed by atoms with Gasteiger partial charge in [-0.3, -0.25) is 0 Å². The highest BCUT2D eigenvalue weighted by Crippen LogP contribution is 2.11. The van der Waals surface area contributed by atoms with Crippen molar-refractivity contribution in [3.05, 3.63) is 41.3 Å². The van der Waals surface area contributed by atoms with E-state index >= 15 is 0 Å². The molecule has 0 bridgehead atoms. The van der Waals surface area contributed by atoms with E-state index in [2.05, 4.69) is 6.92 Å². The zero-order valence-electron chi connectivity index (χ0n) is 8.68. The third kappa shape index (κ3) is 5.60. The van der Waals surface area contributed by atoms with Crippen LogP contribution in [0.5, 0.6) is 0 Å². The van der Waals surface area contributed by atoms with Crippen molar-refractivity contribution in [2.75, 3.05) is 6.61 Å². The molecule has 0 spiro atoms. The fourth-order valence-electron chi connectivity index (χ4n) is 0.952. The minimum atomic E-state index is 0.587. The van der Waals surface area contributed by atoms with Crippen molar-refractivity contribution in [1.82, 2.24) is 0 Å². The lowest BCUT2D eigenvalue weighted by atomic mass is 10.2. The molecule has 1 rings (SSSR count). The Hall–Kier alpha value is -0.800. The van der Waals surface area contributed by atoms with Gasteiger partial charge < -0.3 is 4.74 Å². The molecular weight excluding hydrogens is 224 g/mol. The van der Waals surface area contributed by atoms with E-state index in [9.17, 15) is 0 Å². The van der Waals surface area contributed by atoms with Gasteiger partial charge in [-0.05, 0) is 47.4 Å². The summed E-state index contributed by atoms with van der Waals surface area (Å²) in [5.41, 5.74) is 1.17. The maximum Gasteiger partial charge on any atom is 0.224 e. The van der Waals surface area contributed by atoms with E-state index in [1.54, 1.807) is 0 Å². The average molecular weight is 238 g/mol. The molecule has 1 aromatic carbocycles. The van der Waals surface area contributed by atoms with Crippen LogP contribution < -0.4 is 0 Å². The minimum Gasteiger partial charge on any atom is -0.478 e. The van der Waals surface area contributed by atoms with Crippen molar-refractivity contribution >= 4 is 34.4 Å². The predicted molar refractivity (Wildman–Crippen MR) is 71.9 cm³/mol. The van der Waals surface area contributed by atoms with Crippen molar-refractivity contribution < 1.29 is 4.74 Å². The number of benzene rings is 1. The summed E-state index contributed by atoms with van der Waals surface area (Å²) in [6, 6.07) is 10.1. The lowest BCUT2D eigenvalue weighted by molar-refractivity contribution is 0.322. The Morgan fingerprint density at radius 3 is 2.80 bits per heavy atom. The van der Waals surface area contributed by atoms with Crippen LogP contribution in [0.3, 0.4) is 0 Å². The standard InChI is InChI=1S/C12H14OS2/c1-2-9-13-12(14)15-10-8-11-6-4-3-5-7-11/h3-8,10H,2,9H2,1H3/b10-8+. The molecule has 0 amide bonds. The average Bonchev–Trinajstić information content (AvgIpc) is 2.28. The van der Waals surface area contributed by atoms with Crippen LogP contribution in [0, 0.1) is 0 Å². The molecule has 0 unspecified atom stereocenters. The van der Waals surface area contributed by atoms with Crippen molar-refractivity contribution in [3.8, 4) is 0 Å². The third-order valence-electron chi connectivity index (χ3n) is 1.65. The molecule has 0 aliphatic rings. The summed E-state index contributed by atoms with van der Waals surface area (Å²) in [4.78, 5) is 0. The number of ether oxygens (including phenoxy) is 1. The first-order chi connectivity index (χ1) is 7.33. The Bertz CT molecular complexity index is 320. The molecule has 0 saturated heterocycles. The van der Waals surface area contributed by atoms with Crippen LogP contribution in [-0.4, -0.2) is 11.0 Å². The van der Waals surface area contributed by atoms with Gasteiger partial charge in [-0.1, -0.05) is 37.3 Å². The van der Waals surface area contributed by atoms with E-state index < -0.39 is 0 Å². The maximum absolute atomic E-state index is 5.27. The highest BCUT2D eigenvalue weighted by atomic mass is 32.2. The summed E-state index contributed by atoms with van der Waals surface area (Å²) in [6.45, 7) is 2.76. The van der Waals surface area contributed by atoms with Gasteiger partial charge in [0.05, 0.1) is 6.61 Å². The predicted octanol–water partition coefficient (Wildman–Crippen LogP) is 4.10.